The highest BCUT2D eigenvalue weighted by atomic mass is 127. The maximum Gasteiger partial charge on any atom is 0.218 e. The number of halogens is 1. The van der Waals surface area contributed by atoms with Crippen LogP contribution in [0.25, 0.3) is 0 Å². The Morgan fingerprint density at radius 2 is 1.73 bits per heavy atom. The zero-order valence-electron chi connectivity index (χ0n) is 17.1. The van der Waals surface area contributed by atoms with Crippen LogP contribution in [-0.4, -0.2) is 29.0 Å². The van der Waals surface area contributed by atoms with Gasteiger partial charge in [-0.05, 0) is 30.7 Å². The van der Waals surface area contributed by atoms with Crippen molar-refractivity contribution in [3.8, 4) is 5.88 Å². The Hall–Kier alpha value is -2.68. The number of ether oxygens (including phenoxy) is 1. The van der Waals surface area contributed by atoms with Gasteiger partial charge in [-0.15, -0.1) is 24.0 Å². The molecule has 0 unspecified atom stereocenters. The fraction of sp³-hybridized carbons (Fsp3) is 0.261. The number of nitrogens with zero attached hydrogens (tertiary/aromatic N) is 3. The van der Waals surface area contributed by atoms with Crippen molar-refractivity contribution in [1.29, 1.82) is 0 Å². The highest BCUT2D eigenvalue weighted by molar-refractivity contribution is 14.0. The van der Waals surface area contributed by atoms with Crippen LogP contribution >= 0.6 is 24.0 Å². The van der Waals surface area contributed by atoms with Crippen molar-refractivity contribution in [2.75, 3.05) is 13.1 Å². The molecule has 30 heavy (non-hydrogen) atoms. The number of nitrogens with one attached hydrogen (secondary N) is 2. The maximum absolute atomic E-state index is 5.92. The molecule has 0 aliphatic heterocycles. The lowest BCUT2D eigenvalue weighted by atomic mass is 10.2. The maximum atomic E-state index is 5.92. The third kappa shape index (κ3) is 7.98. The van der Waals surface area contributed by atoms with E-state index in [0.717, 1.165) is 42.3 Å². The number of aliphatic imine (C=N–C) groups is 1. The van der Waals surface area contributed by atoms with E-state index in [9.17, 15) is 0 Å². The number of benzene rings is 1. The van der Waals surface area contributed by atoms with Gasteiger partial charge in [-0.3, -0.25) is 4.98 Å². The van der Waals surface area contributed by atoms with Crippen molar-refractivity contribution >= 4 is 29.9 Å². The topological polar surface area (TPSA) is 71.4 Å². The van der Waals surface area contributed by atoms with E-state index in [2.05, 4.69) is 32.5 Å². The lowest BCUT2D eigenvalue weighted by Gasteiger charge is -2.12. The monoisotopic (exact) mass is 517 g/mol. The summed E-state index contributed by atoms with van der Waals surface area (Å²) < 4.78 is 5.92. The van der Waals surface area contributed by atoms with Crippen molar-refractivity contribution in [3.63, 3.8) is 0 Å². The largest absolute Gasteiger partial charge is 0.473 e. The van der Waals surface area contributed by atoms with Crippen molar-refractivity contribution in [1.82, 2.24) is 20.6 Å². The number of pyridine rings is 2. The van der Waals surface area contributed by atoms with E-state index in [1.807, 2.05) is 66.9 Å². The summed E-state index contributed by atoms with van der Waals surface area (Å²) in [5.74, 6) is 1.38. The standard InChI is InChI=1S/C23H27N5O.HI/c1-2-24-23(27-16-13-21-12-6-7-14-25-21)28-17-20-11-8-15-26-22(20)29-18-19-9-4-3-5-10-19;/h3-12,14-15H,2,13,16-18H2,1H3,(H2,24,27,28);1H. The molecule has 0 amide bonds. The first-order chi connectivity index (χ1) is 14.3. The molecule has 2 aromatic heterocycles. The molecule has 0 radical (unpaired) electrons. The molecule has 3 aromatic rings. The second-order valence-electron chi connectivity index (χ2n) is 6.43. The molecule has 3 rings (SSSR count). The van der Waals surface area contributed by atoms with Crippen LogP contribution in [0.3, 0.4) is 0 Å². The molecule has 2 heterocycles. The second kappa shape index (κ2) is 13.5. The van der Waals surface area contributed by atoms with Gasteiger partial charge in [0.1, 0.15) is 6.61 Å². The summed E-state index contributed by atoms with van der Waals surface area (Å²) in [7, 11) is 0. The van der Waals surface area contributed by atoms with Crippen LogP contribution < -0.4 is 15.4 Å². The number of hydrogen-bond acceptors (Lipinski definition) is 4. The van der Waals surface area contributed by atoms with E-state index in [0.29, 0.717) is 19.0 Å². The minimum Gasteiger partial charge on any atom is -0.473 e. The summed E-state index contributed by atoms with van der Waals surface area (Å²) in [4.78, 5) is 13.4. The van der Waals surface area contributed by atoms with Crippen LogP contribution in [0.1, 0.15) is 23.7 Å². The molecule has 0 spiro atoms. The summed E-state index contributed by atoms with van der Waals surface area (Å²) in [5, 5.41) is 6.63. The summed E-state index contributed by atoms with van der Waals surface area (Å²) in [6.45, 7) is 4.56. The number of aromatic nitrogens is 2. The van der Waals surface area contributed by atoms with Gasteiger partial charge in [0.15, 0.2) is 5.96 Å². The molecule has 0 fully saturated rings. The molecular formula is C23H28IN5O. The molecule has 0 bridgehead atoms. The quantitative estimate of drug-likeness (QED) is 0.256. The van der Waals surface area contributed by atoms with Gasteiger partial charge >= 0.3 is 0 Å². The molecule has 0 saturated carbocycles. The lowest BCUT2D eigenvalue weighted by molar-refractivity contribution is 0.290. The summed E-state index contributed by atoms with van der Waals surface area (Å²) in [6, 6.07) is 19.9. The zero-order valence-corrected chi connectivity index (χ0v) is 19.5. The summed E-state index contributed by atoms with van der Waals surface area (Å²) in [5.41, 5.74) is 3.11. The molecule has 0 saturated heterocycles. The molecule has 0 atom stereocenters. The number of rotatable bonds is 9. The predicted molar refractivity (Wildman–Crippen MR) is 131 cm³/mol. The van der Waals surface area contributed by atoms with Crippen LogP contribution in [0.4, 0.5) is 0 Å². The zero-order chi connectivity index (χ0) is 20.2. The molecular weight excluding hydrogens is 489 g/mol. The third-order valence-corrected chi connectivity index (χ3v) is 4.22. The average molecular weight is 517 g/mol. The first-order valence-electron chi connectivity index (χ1n) is 9.88. The molecule has 0 aliphatic rings. The van der Waals surface area contributed by atoms with Crippen molar-refractivity contribution in [3.05, 3.63) is 89.9 Å². The van der Waals surface area contributed by atoms with Crippen molar-refractivity contribution in [2.45, 2.75) is 26.5 Å². The Balaban J connectivity index is 0.00000320. The van der Waals surface area contributed by atoms with Crippen molar-refractivity contribution in [2.24, 2.45) is 4.99 Å². The van der Waals surface area contributed by atoms with E-state index in [-0.39, 0.29) is 24.0 Å². The number of guanidine groups is 1. The van der Waals surface area contributed by atoms with E-state index >= 15 is 0 Å². The molecule has 158 valence electrons. The van der Waals surface area contributed by atoms with E-state index in [1.165, 1.54) is 0 Å². The molecule has 7 heteroatoms. The van der Waals surface area contributed by atoms with Gasteiger partial charge in [0.25, 0.3) is 0 Å². The summed E-state index contributed by atoms with van der Waals surface area (Å²) >= 11 is 0. The van der Waals surface area contributed by atoms with Gasteiger partial charge in [0.2, 0.25) is 5.88 Å². The van der Waals surface area contributed by atoms with Crippen molar-refractivity contribution < 1.29 is 4.74 Å². The Morgan fingerprint density at radius 1 is 0.933 bits per heavy atom. The van der Waals surface area contributed by atoms with Gasteiger partial charge < -0.3 is 15.4 Å². The third-order valence-electron chi connectivity index (χ3n) is 4.22. The predicted octanol–water partition coefficient (Wildman–Crippen LogP) is 3.97. The minimum absolute atomic E-state index is 0. The van der Waals surface area contributed by atoms with Crippen LogP contribution in [-0.2, 0) is 19.6 Å². The lowest BCUT2D eigenvalue weighted by Crippen LogP contribution is -2.38. The van der Waals surface area contributed by atoms with Gasteiger partial charge in [0, 0.05) is 43.2 Å². The second-order valence-corrected chi connectivity index (χ2v) is 6.43. The Bertz CT molecular complexity index is 890. The Labute approximate surface area is 195 Å². The first-order valence-corrected chi connectivity index (χ1v) is 9.88. The smallest absolute Gasteiger partial charge is 0.218 e. The normalized spacial score (nSPS) is 10.8. The fourth-order valence-electron chi connectivity index (χ4n) is 2.76. The highest BCUT2D eigenvalue weighted by Crippen LogP contribution is 2.17. The van der Waals surface area contributed by atoms with E-state index < -0.39 is 0 Å². The van der Waals surface area contributed by atoms with Gasteiger partial charge in [0.05, 0.1) is 6.54 Å². The Morgan fingerprint density at radius 3 is 2.50 bits per heavy atom. The Kier molecular flexibility index (Phi) is 10.6. The van der Waals surface area contributed by atoms with Crippen LogP contribution in [0, 0.1) is 0 Å². The molecule has 2 N–H and O–H groups in total. The average Bonchev–Trinajstić information content (AvgIpc) is 2.78. The SMILES string of the molecule is CCNC(=NCc1cccnc1OCc1ccccc1)NCCc1ccccn1.I. The van der Waals surface area contributed by atoms with Crippen LogP contribution in [0.15, 0.2) is 78.0 Å². The van der Waals surface area contributed by atoms with Gasteiger partial charge in [-0.25, -0.2) is 9.98 Å². The molecule has 1 aromatic carbocycles. The highest BCUT2D eigenvalue weighted by Gasteiger charge is 2.06. The minimum atomic E-state index is 0. The molecule has 0 aliphatic carbocycles. The number of hydrogen-bond donors (Lipinski definition) is 2. The molecule has 6 nitrogen and oxygen atoms in total. The first kappa shape index (κ1) is 23.6. The van der Waals surface area contributed by atoms with Gasteiger partial charge in [-0.2, -0.15) is 0 Å². The van der Waals surface area contributed by atoms with Crippen LogP contribution in [0.5, 0.6) is 5.88 Å². The van der Waals surface area contributed by atoms with Crippen LogP contribution in [0.2, 0.25) is 0 Å². The fourth-order valence-corrected chi connectivity index (χ4v) is 2.76. The van der Waals surface area contributed by atoms with Gasteiger partial charge in [-0.1, -0.05) is 42.5 Å². The summed E-state index contributed by atoms with van der Waals surface area (Å²) in [6.07, 6.45) is 4.39. The van der Waals surface area contributed by atoms with E-state index in [1.54, 1.807) is 6.20 Å². The van der Waals surface area contributed by atoms with E-state index in [4.69, 9.17) is 4.74 Å².